The van der Waals surface area contributed by atoms with Gasteiger partial charge >= 0.3 is 0 Å². The second kappa shape index (κ2) is 7.36. The Morgan fingerprint density at radius 3 is 2.60 bits per heavy atom. The number of nitrogens with two attached hydrogens (primary N) is 1. The van der Waals surface area contributed by atoms with Gasteiger partial charge in [0.1, 0.15) is 0 Å². The molecule has 5 nitrogen and oxygen atoms in total. The molecule has 0 radical (unpaired) electrons. The molecule has 0 unspecified atom stereocenters. The van der Waals surface area contributed by atoms with Crippen LogP contribution >= 0.6 is 11.6 Å². The van der Waals surface area contributed by atoms with Crippen LogP contribution in [-0.4, -0.2) is 37.6 Å². The maximum atomic E-state index is 11.9. The smallest absolute Gasteiger partial charge is 0.260 e. The number of hydrogen-bond donors (Lipinski definition) is 1. The summed E-state index contributed by atoms with van der Waals surface area (Å²) in [6, 6.07) is 3.57. The van der Waals surface area contributed by atoms with Crippen LogP contribution in [0.2, 0.25) is 5.02 Å². The average Bonchev–Trinajstić information content (AvgIpc) is 2.43. The van der Waals surface area contributed by atoms with E-state index in [1.807, 2.05) is 13.8 Å². The fraction of sp³-hybridized carbons (Fsp3) is 0.500. The molecule has 0 bridgehead atoms. The number of amides is 1. The molecule has 1 aromatic carbocycles. The van der Waals surface area contributed by atoms with E-state index in [0.29, 0.717) is 23.1 Å². The first kappa shape index (κ1) is 16.6. The lowest BCUT2D eigenvalue weighted by atomic mass is 10.2. The summed E-state index contributed by atoms with van der Waals surface area (Å²) >= 11 is 6.13. The molecule has 0 fully saturated rings. The zero-order valence-corrected chi connectivity index (χ0v) is 13.0. The van der Waals surface area contributed by atoms with E-state index in [0.717, 1.165) is 5.56 Å². The van der Waals surface area contributed by atoms with E-state index in [9.17, 15) is 4.79 Å². The molecule has 0 saturated carbocycles. The lowest BCUT2D eigenvalue weighted by molar-refractivity contribution is -0.133. The second-order valence-electron chi connectivity index (χ2n) is 4.70. The van der Waals surface area contributed by atoms with Crippen molar-refractivity contribution in [2.75, 3.05) is 20.8 Å². The number of methoxy groups -OCH3 is 1. The Hall–Kier alpha value is -1.46. The normalized spacial score (nSPS) is 10.6. The topological polar surface area (TPSA) is 64.8 Å². The lowest BCUT2D eigenvalue weighted by Gasteiger charge is -2.22. The standard InChI is InChI=1S/C14H21ClN2O3/c1-9(2)17(3)13(18)8-20-14-11(15)5-10(7-16)6-12(14)19-4/h5-6,9H,7-8,16H2,1-4H3. The average molecular weight is 301 g/mol. The Kier molecular flexibility index (Phi) is 6.10. The second-order valence-corrected chi connectivity index (χ2v) is 5.11. The minimum Gasteiger partial charge on any atom is -0.493 e. The van der Waals surface area contributed by atoms with E-state index in [1.54, 1.807) is 24.1 Å². The van der Waals surface area contributed by atoms with Gasteiger partial charge < -0.3 is 20.1 Å². The minimum atomic E-state index is -0.124. The number of likely N-dealkylation sites (N-methyl/N-ethyl adjacent to an activating group) is 1. The molecule has 2 N–H and O–H groups in total. The van der Waals surface area contributed by atoms with E-state index in [-0.39, 0.29) is 18.6 Å². The SMILES string of the molecule is COc1cc(CN)cc(Cl)c1OCC(=O)N(C)C(C)C. The zero-order chi connectivity index (χ0) is 15.3. The molecule has 0 aliphatic heterocycles. The molecule has 6 heteroatoms. The Labute approximate surface area is 124 Å². The van der Waals surface area contributed by atoms with Gasteiger partial charge in [0, 0.05) is 19.6 Å². The van der Waals surface area contributed by atoms with Crippen molar-refractivity contribution in [3.05, 3.63) is 22.7 Å². The molecule has 0 spiro atoms. The first-order valence-electron chi connectivity index (χ1n) is 6.35. The molecule has 1 amide bonds. The largest absolute Gasteiger partial charge is 0.493 e. The quantitative estimate of drug-likeness (QED) is 0.873. The summed E-state index contributed by atoms with van der Waals surface area (Å²) in [5, 5.41) is 0.379. The summed E-state index contributed by atoms with van der Waals surface area (Å²) in [5.41, 5.74) is 6.41. The van der Waals surface area contributed by atoms with E-state index < -0.39 is 0 Å². The third-order valence-corrected chi connectivity index (χ3v) is 3.31. The number of carbonyl (C=O) groups excluding carboxylic acids is 1. The molecule has 0 saturated heterocycles. The van der Waals surface area contributed by atoms with Crippen LogP contribution in [0.25, 0.3) is 0 Å². The summed E-state index contributed by atoms with van der Waals surface area (Å²) in [4.78, 5) is 13.5. The highest BCUT2D eigenvalue weighted by atomic mass is 35.5. The molecule has 1 aromatic rings. The van der Waals surface area contributed by atoms with E-state index in [2.05, 4.69) is 0 Å². The number of rotatable bonds is 6. The Balaban J connectivity index is 2.85. The van der Waals surface area contributed by atoms with Gasteiger partial charge in [-0.05, 0) is 31.5 Å². The number of nitrogens with zero attached hydrogens (tertiary/aromatic N) is 1. The third kappa shape index (κ3) is 4.02. The lowest BCUT2D eigenvalue weighted by Crippen LogP contribution is -2.36. The predicted octanol–water partition coefficient (Wildman–Crippen LogP) is 2.05. The van der Waals surface area contributed by atoms with Crippen molar-refractivity contribution in [2.45, 2.75) is 26.4 Å². The predicted molar refractivity (Wildman–Crippen MR) is 79.3 cm³/mol. The highest BCUT2D eigenvalue weighted by molar-refractivity contribution is 6.32. The van der Waals surface area contributed by atoms with Crippen LogP contribution in [0.5, 0.6) is 11.5 Å². The third-order valence-electron chi connectivity index (χ3n) is 3.03. The molecule has 0 aliphatic rings. The molecular formula is C14H21ClN2O3. The monoisotopic (exact) mass is 300 g/mol. The van der Waals surface area contributed by atoms with Gasteiger partial charge in [-0.25, -0.2) is 0 Å². The number of hydrogen-bond acceptors (Lipinski definition) is 4. The summed E-state index contributed by atoms with van der Waals surface area (Å²) in [7, 11) is 3.24. The molecule has 0 aliphatic carbocycles. The van der Waals surface area contributed by atoms with Gasteiger partial charge in [-0.2, -0.15) is 0 Å². The van der Waals surface area contributed by atoms with Crippen LogP contribution in [0, 0.1) is 0 Å². The Morgan fingerprint density at radius 2 is 2.10 bits per heavy atom. The van der Waals surface area contributed by atoms with E-state index >= 15 is 0 Å². The number of halogens is 1. The van der Waals surface area contributed by atoms with Crippen LogP contribution in [0.3, 0.4) is 0 Å². The van der Waals surface area contributed by atoms with Crippen LogP contribution in [0.4, 0.5) is 0 Å². The summed E-state index contributed by atoms with van der Waals surface area (Å²) in [6.07, 6.45) is 0. The number of benzene rings is 1. The van der Waals surface area contributed by atoms with Crippen molar-refractivity contribution in [3.8, 4) is 11.5 Å². The van der Waals surface area contributed by atoms with Crippen molar-refractivity contribution in [1.29, 1.82) is 0 Å². The summed E-state index contributed by atoms with van der Waals surface area (Å²) < 4.78 is 10.7. The van der Waals surface area contributed by atoms with Gasteiger partial charge in [-0.15, -0.1) is 0 Å². The maximum absolute atomic E-state index is 11.9. The van der Waals surface area contributed by atoms with Gasteiger partial charge in [0.2, 0.25) is 0 Å². The maximum Gasteiger partial charge on any atom is 0.260 e. The van der Waals surface area contributed by atoms with Gasteiger partial charge in [-0.1, -0.05) is 11.6 Å². The summed E-state index contributed by atoms with van der Waals surface area (Å²) in [6.45, 7) is 4.13. The molecule has 112 valence electrons. The van der Waals surface area contributed by atoms with Crippen LogP contribution < -0.4 is 15.2 Å². The molecular weight excluding hydrogens is 280 g/mol. The van der Waals surface area contributed by atoms with Crippen molar-refractivity contribution in [2.24, 2.45) is 5.73 Å². The minimum absolute atomic E-state index is 0.0905. The van der Waals surface area contributed by atoms with Crippen molar-refractivity contribution >= 4 is 17.5 Å². The number of ether oxygens (including phenoxy) is 2. The first-order valence-corrected chi connectivity index (χ1v) is 6.73. The molecule has 1 rings (SSSR count). The fourth-order valence-corrected chi connectivity index (χ4v) is 1.84. The van der Waals surface area contributed by atoms with Crippen molar-refractivity contribution in [3.63, 3.8) is 0 Å². The van der Waals surface area contributed by atoms with Gasteiger partial charge in [0.05, 0.1) is 12.1 Å². The molecule has 0 aromatic heterocycles. The summed E-state index contributed by atoms with van der Waals surface area (Å²) in [5.74, 6) is 0.704. The van der Waals surface area contributed by atoms with Crippen LogP contribution in [0.15, 0.2) is 12.1 Å². The van der Waals surface area contributed by atoms with E-state index in [4.69, 9.17) is 26.8 Å². The van der Waals surface area contributed by atoms with Crippen molar-refractivity contribution in [1.82, 2.24) is 4.90 Å². The van der Waals surface area contributed by atoms with Gasteiger partial charge in [0.15, 0.2) is 18.1 Å². The highest BCUT2D eigenvalue weighted by Crippen LogP contribution is 2.36. The first-order chi connectivity index (χ1) is 9.40. The number of carbonyl (C=O) groups is 1. The van der Waals surface area contributed by atoms with Crippen LogP contribution in [0.1, 0.15) is 19.4 Å². The van der Waals surface area contributed by atoms with Gasteiger partial charge in [-0.3, -0.25) is 4.79 Å². The molecule has 0 heterocycles. The highest BCUT2D eigenvalue weighted by Gasteiger charge is 2.16. The molecule has 20 heavy (non-hydrogen) atoms. The fourth-order valence-electron chi connectivity index (χ4n) is 1.55. The Bertz CT molecular complexity index is 478. The van der Waals surface area contributed by atoms with Crippen LogP contribution in [-0.2, 0) is 11.3 Å². The Morgan fingerprint density at radius 1 is 1.45 bits per heavy atom. The van der Waals surface area contributed by atoms with Crippen molar-refractivity contribution < 1.29 is 14.3 Å². The molecule has 0 atom stereocenters. The van der Waals surface area contributed by atoms with E-state index in [1.165, 1.54) is 7.11 Å². The zero-order valence-electron chi connectivity index (χ0n) is 12.3. The van der Waals surface area contributed by atoms with Gasteiger partial charge in [0.25, 0.3) is 5.91 Å².